The Morgan fingerprint density at radius 1 is 1.24 bits per heavy atom. The molecule has 1 heterocycles. The van der Waals surface area contributed by atoms with E-state index >= 15 is 0 Å². The van der Waals surface area contributed by atoms with Crippen LogP contribution in [0.1, 0.15) is 46.8 Å². The molecule has 1 atom stereocenters. The molecule has 21 heavy (non-hydrogen) atoms. The molecular weight excluding hydrogens is 291 g/mol. The molecule has 1 aromatic rings. The van der Waals surface area contributed by atoms with E-state index in [2.05, 4.69) is 0 Å². The topological polar surface area (TPSA) is 79.5 Å². The standard InChI is InChI=1S/C13H14F3NO4/c14-13(15,16)10(7-3-1-2-4-7)17-11(18)8-5-6-9(21-8)12(19)20/h5-7,10H,1-4H2,(H,17,18)(H,19,20). The minimum absolute atomic E-state index is 0.406. The second-order valence-corrected chi connectivity index (χ2v) is 5.01. The van der Waals surface area contributed by atoms with Crippen LogP contribution in [0, 0.1) is 5.92 Å². The lowest BCUT2D eigenvalue weighted by molar-refractivity contribution is -0.164. The van der Waals surface area contributed by atoms with Gasteiger partial charge in [0.2, 0.25) is 5.76 Å². The van der Waals surface area contributed by atoms with Gasteiger partial charge in [0.15, 0.2) is 5.76 Å². The number of hydrogen-bond acceptors (Lipinski definition) is 3. The van der Waals surface area contributed by atoms with Crippen molar-refractivity contribution >= 4 is 11.9 Å². The normalized spacial score (nSPS) is 17.7. The number of amides is 1. The van der Waals surface area contributed by atoms with E-state index in [0.717, 1.165) is 12.1 Å². The maximum atomic E-state index is 13.0. The predicted octanol–water partition coefficient (Wildman–Crippen LogP) is 2.83. The molecule has 5 nitrogen and oxygen atoms in total. The average Bonchev–Trinajstić information content (AvgIpc) is 3.05. The van der Waals surface area contributed by atoms with E-state index in [4.69, 9.17) is 9.52 Å². The quantitative estimate of drug-likeness (QED) is 0.896. The summed E-state index contributed by atoms with van der Waals surface area (Å²) < 4.78 is 43.8. The minimum atomic E-state index is -4.55. The molecule has 1 fully saturated rings. The lowest BCUT2D eigenvalue weighted by atomic mass is 9.97. The first-order valence-corrected chi connectivity index (χ1v) is 6.49. The van der Waals surface area contributed by atoms with E-state index < -0.39 is 41.5 Å². The predicted molar refractivity (Wildman–Crippen MR) is 64.9 cm³/mol. The zero-order chi connectivity index (χ0) is 15.6. The first-order valence-electron chi connectivity index (χ1n) is 6.49. The molecule has 8 heteroatoms. The number of hydrogen-bond donors (Lipinski definition) is 2. The number of furan rings is 1. The zero-order valence-electron chi connectivity index (χ0n) is 10.9. The molecule has 2 rings (SSSR count). The van der Waals surface area contributed by atoms with Gasteiger partial charge >= 0.3 is 12.1 Å². The van der Waals surface area contributed by atoms with Crippen molar-refractivity contribution in [3.8, 4) is 0 Å². The molecule has 0 spiro atoms. The van der Waals surface area contributed by atoms with Crippen molar-refractivity contribution in [3.05, 3.63) is 23.7 Å². The van der Waals surface area contributed by atoms with Gasteiger partial charge in [-0.3, -0.25) is 4.79 Å². The fourth-order valence-electron chi connectivity index (χ4n) is 2.54. The number of nitrogens with one attached hydrogen (secondary N) is 1. The maximum absolute atomic E-state index is 13.0. The second kappa shape index (κ2) is 5.79. The summed E-state index contributed by atoms with van der Waals surface area (Å²) in [4.78, 5) is 22.4. The Kier molecular flexibility index (Phi) is 4.24. The number of halogens is 3. The summed E-state index contributed by atoms with van der Waals surface area (Å²) in [5.74, 6) is -4.04. The maximum Gasteiger partial charge on any atom is 0.408 e. The van der Waals surface area contributed by atoms with Crippen molar-refractivity contribution in [2.24, 2.45) is 5.92 Å². The van der Waals surface area contributed by atoms with Gasteiger partial charge in [-0.25, -0.2) is 4.79 Å². The van der Waals surface area contributed by atoms with E-state index in [1.165, 1.54) is 0 Å². The Morgan fingerprint density at radius 2 is 1.81 bits per heavy atom. The van der Waals surface area contributed by atoms with E-state index in [0.29, 0.717) is 25.7 Å². The van der Waals surface area contributed by atoms with Crippen LogP contribution in [0.15, 0.2) is 16.5 Å². The number of carboxylic acids is 1. The molecular formula is C13H14F3NO4. The Hall–Kier alpha value is -1.99. The molecule has 1 saturated carbocycles. The van der Waals surface area contributed by atoms with Gasteiger partial charge in [-0.15, -0.1) is 0 Å². The summed E-state index contributed by atoms with van der Waals surface area (Å²) in [5, 5.41) is 10.6. The lowest BCUT2D eigenvalue weighted by Gasteiger charge is -2.26. The molecule has 0 aliphatic heterocycles. The van der Waals surface area contributed by atoms with E-state index in [-0.39, 0.29) is 0 Å². The first-order chi connectivity index (χ1) is 9.79. The summed E-state index contributed by atoms with van der Waals surface area (Å²) >= 11 is 0. The highest BCUT2D eigenvalue weighted by atomic mass is 19.4. The van der Waals surface area contributed by atoms with Crippen molar-refractivity contribution in [1.29, 1.82) is 0 Å². The Labute approximate surface area is 118 Å². The van der Waals surface area contributed by atoms with Crippen LogP contribution in [0.5, 0.6) is 0 Å². The van der Waals surface area contributed by atoms with Gasteiger partial charge in [-0.2, -0.15) is 13.2 Å². The Morgan fingerprint density at radius 3 is 2.29 bits per heavy atom. The molecule has 2 N–H and O–H groups in total. The smallest absolute Gasteiger partial charge is 0.408 e. The molecule has 0 bridgehead atoms. The number of alkyl halides is 3. The van der Waals surface area contributed by atoms with Gasteiger partial charge in [0.1, 0.15) is 6.04 Å². The van der Waals surface area contributed by atoms with Crippen molar-refractivity contribution in [2.75, 3.05) is 0 Å². The first kappa shape index (κ1) is 15.4. The highest BCUT2D eigenvalue weighted by molar-refractivity contribution is 5.93. The van der Waals surface area contributed by atoms with Gasteiger partial charge in [-0.05, 0) is 30.9 Å². The second-order valence-electron chi connectivity index (χ2n) is 5.01. The molecule has 0 aromatic carbocycles. The molecule has 1 aliphatic carbocycles. The van der Waals surface area contributed by atoms with Gasteiger partial charge in [0.25, 0.3) is 5.91 Å². The third kappa shape index (κ3) is 3.56. The van der Waals surface area contributed by atoms with Crippen LogP contribution in [0.25, 0.3) is 0 Å². The third-order valence-electron chi connectivity index (χ3n) is 3.55. The fourth-order valence-corrected chi connectivity index (χ4v) is 2.54. The summed E-state index contributed by atoms with van der Waals surface area (Å²) in [7, 11) is 0. The Bertz CT molecular complexity index is 532. The molecule has 1 aromatic heterocycles. The SMILES string of the molecule is O=C(O)c1ccc(C(=O)NC(C2CCCC2)C(F)(F)F)o1. The highest BCUT2D eigenvalue weighted by Gasteiger charge is 2.46. The molecule has 0 radical (unpaired) electrons. The van der Waals surface area contributed by atoms with Gasteiger partial charge in [0, 0.05) is 0 Å². The molecule has 1 aliphatic rings. The zero-order valence-corrected chi connectivity index (χ0v) is 10.9. The highest BCUT2D eigenvalue weighted by Crippen LogP contribution is 2.35. The molecule has 116 valence electrons. The van der Waals surface area contributed by atoms with Crippen LogP contribution < -0.4 is 5.32 Å². The molecule has 0 saturated heterocycles. The van der Waals surface area contributed by atoms with Crippen LogP contribution in [-0.2, 0) is 0 Å². The van der Waals surface area contributed by atoms with Crippen molar-refractivity contribution in [2.45, 2.75) is 37.9 Å². The third-order valence-corrected chi connectivity index (χ3v) is 3.55. The van der Waals surface area contributed by atoms with Gasteiger partial charge in [0.05, 0.1) is 0 Å². The van der Waals surface area contributed by atoms with Gasteiger partial charge < -0.3 is 14.8 Å². The summed E-state index contributed by atoms with van der Waals surface area (Å²) in [5.41, 5.74) is 0. The Balaban J connectivity index is 2.11. The minimum Gasteiger partial charge on any atom is -0.475 e. The van der Waals surface area contributed by atoms with E-state index in [1.54, 1.807) is 0 Å². The number of carbonyl (C=O) groups is 2. The van der Waals surface area contributed by atoms with Crippen LogP contribution >= 0.6 is 0 Å². The number of carbonyl (C=O) groups excluding carboxylic acids is 1. The van der Waals surface area contributed by atoms with Crippen molar-refractivity contribution in [1.82, 2.24) is 5.32 Å². The van der Waals surface area contributed by atoms with Crippen molar-refractivity contribution in [3.63, 3.8) is 0 Å². The van der Waals surface area contributed by atoms with Gasteiger partial charge in [-0.1, -0.05) is 12.8 Å². The fraction of sp³-hybridized carbons (Fsp3) is 0.538. The number of carboxylic acid groups (broad SMARTS) is 1. The largest absolute Gasteiger partial charge is 0.475 e. The van der Waals surface area contributed by atoms with E-state index in [1.807, 2.05) is 5.32 Å². The van der Waals surface area contributed by atoms with E-state index in [9.17, 15) is 22.8 Å². The van der Waals surface area contributed by atoms with Crippen LogP contribution in [0.2, 0.25) is 0 Å². The monoisotopic (exact) mass is 305 g/mol. The number of rotatable bonds is 4. The van der Waals surface area contributed by atoms with Crippen molar-refractivity contribution < 1.29 is 32.3 Å². The molecule has 1 amide bonds. The average molecular weight is 305 g/mol. The van der Waals surface area contributed by atoms with Crippen LogP contribution in [0.4, 0.5) is 13.2 Å². The van der Waals surface area contributed by atoms with Crippen LogP contribution in [-0.4, -0.2) is 29.2 Å². The van der Waals surface area contributed by atoms with Crippen LogP contribution in [0.3, 0.4) is 0 Å². The summed E-state index contributed by atoms with van der Waals surface area (Å²) in [6.45, 7) is 0. The summed E-state index contributed by atoms with van der Waals surface area (Å²) in [6, 6.07) is 0.127. The molecule has 1 unspecified atom stereocenters. The summed E-state index contributed by atoms with van der Waals surface area (Å²) in [6.07, 6.45) is -2.33. The lowest BCUT2D eigenvalue weighted by Crippen LogP contribution is -2.49. The number of aromatic carboxylic acids is 1.